The first-order valence-corrected chi connectivity index (χ1v) is 7.35. The molecule has 7 nitrogen and oxygen atoms in total. The van der Waals surface area contributed by atoms with Gasteiger partial charge in [-0.15, -0.1) is 0 Å². The maximum absolute atomic E-state index is 11.6. The van der Waals surface area contributed by atoms with E-state index in [2.05, 4.69) is 10.2 Å². The van der Waals surface area contributed by atoms with E-state index in [-0.39, 0.29) is 0 Å². The number of nitrogens with zero attached hydrogens (tertiary/aromatic N) is 1. The minimum absolute atomic E-state index is 0.412. The molecule has 1 heterocycles. The summed E-state index contributed by atoms with van der Waals surface area (Å²) in [4.78, 5) is 23.1. The highest BCUT2D eigenvalue weighted by Crippen LogP contribution is 2.20. The van der Waals surface area contributed by atoms with Crippen LogP contribution in [0.4, 0.5) is 0 Å². The summed E-state index contributed by atoms with van der Waals surface area (Å²) in [6.07, 6.45) is 0. The zero-order chi connectivity index (χ0) is 17.1. The van der Waals surface area contributed by atoms with Gasteiger partial charge < -0.3 is 9.47 Å². The summed E-state index contributed by atoms with van der Waals surface area (Å²) >= 11 is 0. The number of ether oxygens (including phenoxy) is 2. The third-order valence-corrected chi connectivity index (χ3v) is 3.64. The second-order valence-electron chi connectivity index (χ2n) is 5.28. The van der Waals surface area contributed by atoms with Crippen LogP contribution in [0.3, 0.4) is 0 Å². The van der Waals surface area contributed by atoms with Crippen LogP contribution in [-0.4, -0.2) is 21.9 Å². The largest absolute Gasteiger partial charge is 0.496 e. The van der Waals surface area contributed by atoms with Crippen LogP contribution in [-0.2, 0) is 6.61 Å². The number of nitrogens with one attached hydrogen (secondary N) is 2. The molecule has 0 unspecified atom stereocenters. The Bertz CT molecular complexity index is 923. The van der Waals surface area contributed by atoms with Crippen molar-refractivity contribution in [2.75, 3.05) is 7.11 Å². The van der Waals surface area contributed by atoms with Gasteiger partial charge in [0.25, 0.3) is 0 Å². The van der Waals surface area contributed by atoms with Crippen LogP contribution in [0.25, 0.3) is 5.69 Å². The Balaban J connectivity index is 1.72. The zero-order valence-electron chi connectivity index (χ0n) is 13.3. The number of aromatic nitrogens is 3. The first-order chi connectivity index (χ1) is 11.6. The Labute approximate surface area is 137 Å². The van der Waals surface area contributed by atoms with Gasteiger partial charge in [-0.3, -0.25) is 0 Å². The predicted molar refractivity (Wildman–Crippen MR) is 89.1 cm³/mol. The van der Waals surface area contributed by atoms with Crippen molar-refractivity contribution in [2.24, 2.45) is 0 Å². The standard InChI is InChI=1S/C17H17N3O4/c1-11-9-12(3-8-15(11)23-2)10-24-14-6-4-13(5-7-14)20-16(21)18-19-17(20)22/h3-9H,10H2,1-2H3,(H,18,21)(H,19,22). The number of hydrogen-bond donors (Lipinski definition) is 2. The molecule has 0 radical (unpaired) electrons. The van der Waals surface area contributed by atoms with Crippen LogP contribution >= 0.6 is 0 Å². The van der Waals surface area contributed by atoms with Crippen molar-refractivity contribution in [2.45, 2.75) is 13.5 Å². The quantitative estimate of drug-likeness (QED) is 0.747. The van der Waals surface area contributed by atoms with Crippen LogP contribution in [0.1, 0.15) is 11.1 Å². The highest BCUT2D eigenvalue weighted by atomic mass is 16.5. The van der Waals surface area contributed by atoms with Crippen LogP contribution in [0, 0.1) is 6.92 Å². The van der Waals surface area contributed by atoms with Crippen molar-refractivity contribution >= 4 is 0 Å². The zero-order valence-corrected chi connectivity index (χ0v) is 13.3. The van der Waals surface area contributed by atoms with Gasteiger partial charge in [-0.1, -0.05) is 6.07 Å². The number of benzene rings is 2. The lowest BCUT2D eigenvalue weighted by molar-refractivity contribution is 0.306. The van der Waals surface area contributed by atoms with Gasteiger partial charge in [0.2, 0.25) is 0 Å². The molecular formula is C17H17N3O4. The Kier molecular flexibility index (Phi) is 4.24. The molecule has 24 heavy (non-hydrogen) atoms. The molecule has 0 saturated heterocycles. The molecule has 0 fully saturated rings. The van der Waals surface area contributed by atoms with Gasteiger partial charge in [-0.25, -0.2) is 24.4 Å². The van der Waals surface area contributed by atoms with Gasteiger partial charge in [-0.05, 0) is 54.4 Å². The van der Waals surface area contributed by atoms with E-state index in [9.17, 15) is 9.59 Å². The molecule has 0 saturated carbocycles. The molecule has 0 aliphatic carbocycles. The fourth-order valence-electron chi connectivity index (χ4n) is 2.43. The SMILES string of the molecule is COc1ccc(COc2ccc(-n3c(=O)[nH][nH]c3=O)cc2)cc1C. The van der Waals surface area contributed by atoms with E-state index in [0.29, 0.717) is 18.0 Å². The van der Waals surface area contributed by atoms with Crippen molar-refractivity contribution in [3.63, 3.8) is 0 Å². The minimum Gasteiger partial charge on any atom is -0.496 e. The Hall–Kier alpha value is -3.22. The van der Waals surface area contributed by atoms with Gasteiger partial charge in [0.1, 0.15) is 18.1 Å². The summed E-state index contributed by atoms with van der Waals surface area (Å²) in [7, 11) is 1.64. The molecule has 0 amide bonds. The highest BCUT2D eigenvalue weighted by molar-refractivity contribution is 5.38. The fourth-order valence-corrected chi connectivity index (χ4v) is 2.43. The lowest BCUT2D eigenvalue weighted by Crippen LogP contribution is -2.24. The highest BCUT2D eigenvalue weighted by Gasteiger charge is 2.06. The molecule has 2 aromatic carbocycles. The molecule has 2 N–H and O–H groups in total. The number of aromatic amines is 2. The summed E-state index contributed by atoms with van der Waals surface area (Å²) in [6, 6.07) is 12.6. The normalized spacial score (nSPS) is 10.6. The summed E-state index contributed by atoms with van der Waals surface area (Å²) in [6.45, 7) is 2.39. The number of H-pyrrole nitrogens is 2. The molecule has 3 rings (SSSR count). The number of methoxy groups -OCH3 is 1. The smallest absolute Gasteiger partial charge is 0.348 e. The van der Waals surface area contributed by atoms with Gasteiger partial charge in [0, 0.05) is 0 Å². The van der Waals surface area contributed by atoms with Gasteiger partial charge >= 0.3 is 11.4 Å². The lowest BCUT2D eigenvalue weighted by Gasteiger charge is -2.09. The summed E-state index contributed by atoms with van der Waals surface area (Å²) in [5, 5.41) is 4.48. The van der Waals surface area contributed by atoms with E-state index >= 15 is 0 Å². The molecule has 0 aliphatic heterocycles. The van der Waals surface area contributed by atoms with E-state index in [1.165, 1.54) is 0 Å². The van der Waals surface area contributed by atoms with Crippen LogP contribution in [0.15, 0.2) is 52.1 Å². The first-order valence-electron chi connectivity index (χ1n) is 7.35. The maximum atomic E-state index is 11.6. The van der Waals surface area contributed by atoms with Crippen LogP contribution in [0.5, 0.6) is 11.5 Å². The van der Waals surface area contributed by atoms with Gasteiger partial charge in [0.05, 0.1) is 12.8 Å². The summed E-state index contributed by atoms with van der Waals surface area (Å²) < 4.78 is 12.0. The summed E-state index contributed by atoms with van der Waals surface area (Å²) in [5.74, 6) is 1.48. The molecule has 0 bridgehead atoms. The van der Waals surface area contributed by atoms with Crippen molar-refractivity contribution in [1.82, 2.24) is 14.8 Å². The van der Waals surface area contributed by atoms with Gasteiger partial charge in [0.15, 0.2) is 0 Å². The monoisotopic (exact) mass is 327 g/mol. The minimum atomic E-state index is -0.512. The Morgan fingerprint density at radius 1 is 1.00 bits per heavy atom. The van der Waals surface area contributed by atoms with E-state index in [1.807, 2.05) is 25.1 Å². The molecule has 0 aliphatic rings. The second-order valence-corrected chi connectivity index (χ2v) is 5.28. The molecular weight excluding hydrogens is 310 g/mol. The molecule has 124 valence electrons. The number of aryl methyl sites for hydroxylation is 1. The first kappa shape index (κ1) is 15.7. The Morgan fingerprint density at radius 2 is 1.67 bits per heavy atom. The summed E-state index contributed by atoms with van der Waals surface area (Å²) in [5.41, 5.74) is 1.51. The molecule has 0 atom stereocenters. The Morgan fingerprint density at radius 3 is 2.25 bits per heavy atom. The number of rotatable bonds is 5. The van der Waals surface area contributed by atoms with Crippen molar-refractivity contribution in [3.05, 3.63) is 74.6 Å². The van der Waals surface area contributed by atoms with E-state index < -0.39 is 11.4 Å². The number of hydrogen-bond acceptors (Lipinski definition) is 4. The lowest BCUT2D eigenvalue weighted by atomic mass is 10.1. The van der Waals surface area contributed by atoms with Crippen molar-refractivity contribution in [3.8, 4) is 17.2 Å². The fraction of sp³-hybridized carbons (Fsp3) is 0.176. The molecule has 1 aromatic heterocycles. The van der Waals surface area contributed by atoms with Crippen molar-refractivity contribution in [1.29, 1.82) is 0 Å². The van der Waals surface area contributed by atoms with Crippen molar-refractivity contribution < 1.29 is 9.47 Å². The molecule has 3 aromatic rings. The molecule has 0 spiro atoms. The van der Waals surface area contributed by atoms with Gasteiger partial charge in [-0.2, -0.15) is 0 Å². The predicted octanol–water partition coefficient (Wildman–Crippen LogP) is 1.75. The van der Waals surface area contributed by atoms with Crippen LogP contribution in [0.2, 0.25) is 0 Å². The van der Waals surface area contributed by atoms with Crippen LogP contribution < -0.4 is 20.9 Å². The molecule has 7 heteroatoms. The average molecular weight is 327 g/mol. The van der Waals surface area contributed by atoms with E-state index in [4.69, 9.17) is 9.47 Å². The average Bonchev–Trinajstić information content (AvgIpc) is 2.92. The van der Waals surface area contributed by atoms with E-state index in [1.54, 1.807) is 31.4 Å². The second kappa shape index (κ2) is 6.49. The third-order valence-electron chi connectivity index (χ3n) is 3.64. The third kappa shape index (κ3) is 3.10. The van der Waals surface area contributed by atoms with E-state index in [0.717, 1.165) is 21.4 Å². The topological polar surface area (TPSA) is 89.1 Å². The maximum Gasteiger partial charge on any atom is 0.348 e.